The molecule has 2 aromatic carbocycles. The van der Waals surface area contributed by atoms with Crippen LogP contribution in [0.3, 0.4) is 0 Å². The van der Waals surface area contributed by atoms with Crippen molar-refractivity contribution < 1.29 is 9.53 Å². The van der Waals surface area contributed by atoms with Crippen LogP contribution in [0.25, 0.3) is 0 Å². The fraction of sp³-hybridized carbons (Fsp3) is 0.235. The molecule has 0 bridgehead atoms. The quantitative estimate of drug-likeness (QED) is 0.756. The van der Waals surface area contributed by atoms with Gasteiger partial charge in [-0.3, -0.25) is 4.79 Å². The molecule has 0 spiro atoms. The van der Waals surface area contributed by atoms with Gasteiger partial charge in [-0.15, -0.1) is 0 Å². The molecule has 1 fully saturated rings. The van der Waals surface area contributed by atoms with E-state index in [-0.39, 0.29) is 5.78 Å². The zero-order valence-corrected chi connectivity index (χ0v) is 12.6. The molecule has 0 N–H and O–H groups in total. The molecule has 0 radical (unpaired) electrons. The molecule has 1 aliphatic carbocycles. The molecule has 2 aromatic rings. The van der Waals surface area contributed by atoms with Crippen LogP contribution in [0.15, 0.2) is 53.0 Å². The van der Waals surface area contributed by atoms with Crippen molar-refractivity contribution in [2.75, 3.05) is 6.61 Å². The molecule has 0 atom stereocenters. The number of carbonyl (C=O) groups is 1. The number of ketones is 1. The lowest BCUT2D eigenvalue weighted by atomic mass is 10.0. The second kappa shape index (κ2) is 5.80. The molecular weight excluding hydrogens is 316 g/mol. The average Bonchev–Trinajstić information content (AvgIpc) is 3.30. The van der Waals surface area contributed by atoms with E-state index in [2.05, 4.69) is 15.9 Å². The normalized spacial score (nSPS) is 14.1. The molecule has 20 heavy (non-hydrogen) atoms. The minimum Gasteiger partial charge on any atom is -0.493 e. The van der Waals surface area contributed by atoms with Gasteiger partial charge in [0.2, 0.25) is 0 Å². The van der Waals surface area contributed by atoms with Crippen LogP contribution in [0.5, 0.6) is 5.75 Å². The van der Waals surface area contributed by atoms with E-state index in [1.807, 2.05) is 48.5 Å². The van der Waals surface area contributed by atoms with E-state index in [9.17, 15) is 4.79 Å². The molecular formula is C17H15BrO2. The van der Waals surface area contributed by atoms with E-state index in [0.29, 0.717) is 11.1 Å². The first-order chi connectivity index (χ1) is 9.72. The number of halogens is 1. The summed E-state index contributed by atoms with van der Waals surface area (Å²) in [5.74, 6) is 1.61. The summed E-state index contributed by atoms with van der Waals surface area (Å²) in [6.45, 7) is 0.792. The van der Waals surface area contributed by atoms with Crippen LogP contribution in [0.2, 0.25) is 0 Å². The van der Waals surface area contributed by atoms with Crippen molar-refractivity contribution in [3.8, 4) is 5.75 Å². The standard InChI is InChI=1S/C17H15BrO2/c18-15-7-3-13(4-8-15)17(19)14-5-9-16(10-6-14)20-11-12-1-2-12/h3-10,12H,1-2,11H2. The van der Waals surface area contributed by atoms with E-state index in [1.54, 1.807) is 0 Å². The minimum absolute atomic E-state index is 0.0336. The Bertz CT molecular complexity index is 598. The third kappa shape index (κ3) is 3.28. The van der Waals surface area contributed by atoms with Gasteiger partial charge in [0, 0.05) is 15.6 Å². The number of hydrogen-bond donors (Lipinski definition) is 0. The Labute approximate surface area is 126 Å². The molecule has 0 amide bonds. The molecule has 0 saturated heterocycles. The number of ether oxygens (including phenoxy) is 1. The van der Waals surface area contributed by atoms with Gasteiger partial charge >= 0.3 is 0 Å². The molecule has 0 aromatic heterocycles. The highest BCUT2D eigenvalue weighted by molar-refractivity contribution is 9.10. The summed E-state index contributed by atoms with van der Waals surface area (Å²) in [5.41, 5.74) is 1.38. The van der Waals surface area contributed by atoms with Gasteiger partial charge in [0.25, 0.3) is 0 Å². The zero-order valence-electron chi connectivity index (χ0n) is 11.0. The maximum absolute atomic E-state index is 12.3. The topological polar surface area (TPSA) is 26.3 Å². The monoisotopic (exact) mass is 330 g/mol. The summed E-state index contributed by atoms with van der Waals surface area (Å²) in [4.78, 5) is 12.3. The van der Waals surface area contributed by atoms with E-state index >= 15 is 0 Å². The molecule has 0 unspecified atom stereocenters. The van der Waals surface area contributed by atoms with Crippen molar-refractivity contribution in [1.82, 2.24) is 0 Å². The van der Waals surface area contributed by atoms with Crippen LogP contribution in [0.1, 0.15) is 28.8 Å². The highest BCUT2D eigenvalue weighted by Crippen LogP contribution is 2.29. The number of rotatable bonds is 5. The summed E-state index contributed by atoms with van der Waals surface area (Å²) >= 11 is 3.37. The Kier molecular flexibility index (Phi) is 3.88. The van der Waals surface area contributed by atoms with Gasteiger partial charge in [-0.1, -0.05) is 15.9 Å². The van der Waals surface area contributed by atoms with Gasteiger partial charge in [-0.2, -0.15) is 0 Å². The van der Waals surface area contributed by atoms with Crippen molar-refractivity contribution in [2.24, 2.45) is 5.92 Å². The van der Waals surface area contributed by atoms with Crippen molar-refractivity contribution in [3.05, 3.63) is 64.1 Å². The molecule has 1 saturated carbocycles. The second-order valence-corrected chi connectivity index (χ2v) is 6.03. The maximum Gasteiger partial charge on any atom is 0.193 e. The Morgan fingerprint density at radius 1 is 1.00 bits per heavy atom. The summed E-state index contributed by atoms with van der Waals surface area (Å²) < 4.78 is 6.64. The minimum atomic E-state index is 0.0336. The van der Waals surface area contributed by atoms with E-state index in [4.69, 9.17) is 4.74 Å². The van der Waals surface area contributed by atoms with E-state index in [0.717, 1.165) is 22.7 Å². The molecule has 0 heterocycles. The summed E-state index contributed by atoms with van der Waals surface area (Å²) in [6.07, 6.45) is 2.56. The lowest BCUT2D eigenvalue weighted by Gasteiger charge is -2.06. The molecule has 3 heteroatoms. The first-order valence-corrected chi connectivity index (χ1v) is 7.55. The molecule has 0 aliphatic heterocycles. The van der Waals surface area contributed by atoms with Crippen molar-refractivity contribution in [3.63, 3.8) is 0 Å². The summed E-state index contributed by atoms with van der Waals surface area (Å²) in [5, 5.41) is 0. The molecule has 3 rings (SSSR count). The first kappa shape index (κ1) is 13.4. The Balaban J connectivity index is 1.69. The van der Waals surface area contributed by atoms with Crippen LogP contribution in [-0.4, -0.2) is 12.4 Å². The predicted octanol–water partition coefficient (Wildman–Crippen LogP) is 4.47. The Morgan fingerprint density at radius 2 is 1.55 bits per heavy atom. The molecule has 1 aliphatic rings. The number of benzene rings is 2. The van der Waals surface area contributed by atoms with Crippen LogP contribution in [0.4, 0.5) is 0 Å². The van der Waals surface area contributed by atoms with Gasteiger partial charge < -0.3 is 4.74 Å². The zero-order chi connectivity index (χ0) is 13.9. The highest BCUT2D eigenvalue weighted by atomic mass is 79.9. The summed E-state index contributed by atoms with van der Waals surface area (Å²) in [7, 11) is 0. The van der Waals surface area contributed by atoms with Crippen LogP contribution >= 0.6 is 15.9 Å². The maximum atomic E-state index is 12.3. The number of hydrogen-bond acceptors (Lipinski definition) is 2. The van der Waals surface area contributed by atoms with E-state index in [1.165, 1.54) is 12.8 Å². The first-order valence-electron chi connectivity index (χ1n) is 6.75. The van der Waals surface area contributed by atoms with Crippen LogP contribution in [0, 0.1) is 5.92 Å². The predicted molar refractivity (Wildman–Crippen MR) is 82.2 cm³/mol. The van der Waals surface area contributed by atoms with Crippen molar-refractivity contribution in [2.45, 2.75) is 12.8 Å². The fourth-order valence-corrected chi connectivity index (χ4v) is 2.23. The third-order valence-corrected chi connectivity index (χ3v) is 3.93. The summed E-state index contributed by atoms with van der Waals surface area (Å²) in [6, 6.07) is 14.8. The Hall–Kier alpha value is -1.61. The lowest BCUT2D eigenvalue weighted by molar-refractivity contribution is 0.103. The van der Waals surface area contributed by atoms with Crippen LogP contribution in [-0.2, 0) is 0 Å². The van der Waals surface area contributed by atoms with Crippen LogP contribution < -0.4 is 4.74 Å². The third-order valence-electron chi connectivity index (χ3n) is 3.41. The largest absolute Gasteiger partial charge is 0.493 e. The SMILES string of the molecule is O=C(c1ccc(Br)cc1)c1ccc(OCC2CC2)cc1. The second-order valence-electron chi connectivity index (χ2n) is 5.11. The van der Waals surface area contributed by atoms with Gasteiger partial charge in [0.05, 0.1) is 6.61 Å². The Morgan fingerprint density at radius 3 is 2.10 bits per heavy atom. The molecule has 102 valence electrons. The van der Waals surface area contributed by atoms with Gasteiger partial charge in [-0.05, 0) is 67.3 Å². The highest BCUT2D eigenvalue weighted by Gasteiger charge is 2.21. The smallest absolute Gasteiger partial charge is 0.193 e. The number of carbonyl (C=O) groups excluding carboxylic acids is 1. The van der Waals surface area contributed by atoms with Crippen molar-refractivity contribution in [1.29, 1.82) is 0 Å². The van der Waals surface area contributed by atoms with E-state index < -0.39 is 0 Å². The molecule has 2 nitrogen and oxygen atoms in total. The van der Waals surface area contributed by atoms with Gasteiger partial charge in [0.1, 0.15) is 5.75 Å². The van der Waals surface area contributed by atoms with Crippen molar-refractivity contribution >= 4 is 21.7 Å². The van der Waals surface area contributed by atoms with Gasteiger partial charge in [-0.25, -0.2) is 0 Å². The van der Waals surface area contributed by atoms with Gasteiger partial charge in [0.15, 0.2) is 5.78 Å². The fourth-order valence-electron chi connectivity index (χ4n) is 1.97. The average molecular weight is 331 g/mol. The lowest BCUT2D eigenvalue weighted by Crippen LogP contribution is -2.02.